The zero-order valence-corrected chi connectivity index (χ0v) is 19.9. The standard InChI is InChI=1S/C28H29N3O3/c1-17-11-12-18(2)20(14-17)30-27(33)31-22-9-6-5-8-19(22)29-21-15-28(3,4)16-23(32)25(21)26(31)24-10-7-13-34-24/h5-14,26,29H,15-16H2,1-4H3,(H,30,33)/t26-/m1/s1. The molecule has 0 radical (unpaired) electrons. The largest absolute Gasteiger partial charge is 0.467 e. The van der Waals surface area contributed by atoms with Gasteiger partial charge in [0.15, 0.2) is 5.78 Å². The lowest BCUT2D eigenvalue weighted by molar-refractivity contribution is -0.118. The van der Waals surface area contributed by atoms with E-state index in [1.54, 1.807) is 17.2 Å². The first-order valence-corrected chi connectivity index (χ1v) is 11.6. The average Bonchev–Trinajstić information content (AvgIpc) is 3.25. The smallest absolute Gasteiger partial charge is 0.327 e. The molecule has 6 nitrogen and oxygen atoms in total. The number of nitrogens with one attached hydrogen (secondary N) is 2. The predicted molar refractivity (Wildman–Crippen MR) is 134 cm³/mol. The molecule has 34 heavy (non-hydrogen) atoms. The Morgan fingerprint density at radius 2 is 1.88 bits per heavy atom. The van der Waals surface area contributed by atoms with E-state index in [0.29, 0.717) is 29.9 Å². The number of para-hydroxylation sites is 2. The van der Waals surface area contributed by atoms with Crippen LogP contribution in [0.2, 0.25) is 0 Å². The third-order valence-electron chi connectivity index (χ3n) is 6.57. The summed E-state index contributed by atoms with van der Waals surface area (Å²) in [7, 11) is 0. The number of Topliss-reactive ketones (excluding diaryl/α,β-unsaturated/α-hetero) is 1. The zero-order valence-electron chi connectivity index (χ0n) is 19.9. The van der Waals surface area contributed by atoms with Gasteiger partial charge in [-0.15, -0.1) is 0 Å². The van der Waals surface area contributed by atoms with Crippen LogP contribution in [0.15, 0.2) is 76.5 Å². The van der Waals surface area contributed by atoms with Gasteiger partial charge in [-0.2, -0.15) is 0 Å². The van der Waals surface area contributed by atoms with Crippen molar-refractivity contribution >= 4 is 28.9 Å². The lowest BCUT2D eigenvalue weighted by Gasteiger charge is -2.36. The number of fused-ring (bicyclic) bond motifs is 1. The third kappa shape index (κ3) is 3.89. The highest BCUT2D eigenvalue weighted by Crippen LogP contribution is 2.48. The fourth-order valence-corrected chi connectivity index (χ4v) is 4.97. The molecule has 2 N–H and O–H groups in total. The SMILES string of the molecule is Cc1ccc(C)c(NC(=O)N2c3ccccc3NC3=C(C(=O)CC(C)(C)C3)[C@H]2c2ccco2)c1. The molecule has 5 rings (SSSR count). The molecule has 0 spiro atoms. The average molecular weight is 456 g/mol. The number of hydrogen-bond acceptors (Lipinski definition) is 4. The van der Waals surface area contributed by atoms with E-state index in [1.165, 1.54) is 0 Å². The van der Waals surface area contributed by atoms with Gasteiger partial charge in [-0.05, 0) is 67.1 Å². The number of rotatable bonds is 2. The van der Waals surface area contributed by atoms with Gasteiger partial charge in [0, 0.05) is 23.4 Å². The minimum absolute atomic E-state index is 0.0255. The molecule has 1 aliphatic heterocycles. The maximum Gasteiger partial charge on any atom is 0.327 e. The van der Waals surface area contributed by atoms with Gasteiger partial charge in [-0.25, -0.2) is 4.79 Å². The van der Waals surface area contributed by atoms with Gasteiger partial charge in [0.25, 0.3) is 0 Å². The van der Waals surface area contributed by atoms with E-state index in [2.05, 4.69) is 24.5 Å². The van der Waals surface area contributed by atoms with Crippen LogP contribution in [0.5, 0.6) is 0 Å². The van der Waals surface area contributed by atoms with Gasteiger partial charge in [-0.1, -0.05) is 38.1 Å². The molecule has 0 bridgehead atoms. The molecule has 3 aromatic rings. The van der Waals surface area contributed by atoms with E-state index in [4.69, 9.17) is 4.42 Å². The number of hydrogen-bond donors (Lipinski definition) is 2. The molecular weight excluding hydrogens is 426 g/mol. The molecule has 0 saturated heterocycles. The number of furan rings is 1. The van der Waals surface area contributed by atoms with Crippen LogP contribution in [0.3, 0.4) is 0 Å². The normalized spacial score (nSPS) is 19.1. The van der Waals surface area contributed by atoms with Crippen molar-refractivity contribution in [1.82, 2.24) is 0 Å². The molecule has 2 amide bonds. The van der Waals surface area contributed by atoms with Gasteiger partial charge >= 0.3 is 6.03 Å². The Labute approximate surface area is 199 Å². The molecule has 174 valence electrons. The summed E-state index contributed by atoms with van der Waals surface area (Å²) in [4.78, 5) is 29.2. The fourth-order valence-electron chi connectivity index (χ4n) is 4.97. The van der Waals surface area contributed by atoms with Crippen LogP contribution < -0.4 is 15.5 Å². The summed E-state index contributed by atoms with van der Waals surface area (Å²) in [6, 6.07) is 16.2. The molecule has 1 aromatic heterocycles. The maximum atomic E-state index is 14.0. The highest BCUT2D eigenvalue weighted by Gasteiger charge is 2.44. The van der Waals surface area contributed by atoms with Crippen LogP contribution in [0, 0.1) is 19.3 Å². The molecule has 1 aliphatic carbocycles. The van der Waals surface area contributed by atoms with E-state index in [0.717, 1.165) is 28.2 Å². The number of benzene rings is 2. The minimum Gasteiger partial charge on any atom is -0.467 e. The summed E-state index contributed by atoms with van der Waals surface area (Å²) in [6.07, 6.45) is 2.69. The molecule has 1 atom stereocenters. The van der Waals surface area contributed by atoms with Crippen molar-refractivity contribution in [2.24, 2.45) is 5.41 Å². The van der Waals surface area contributed by atoms with E-state index in [9.17, 15) is 9.59 Å². The predicted octanol–water partition coefficient (Wildman–Crippen LogP) is 6.74. The first kappa shape index (κ1) is 22.0. The lowest BCUT2D eigenvalue weighted by atomic mass is 9.74. The molecule has 0 unspecified atom stereocenters. The van der Waals surface area contributed by atoms with Crippen LogP contribution in [0.1, 0.15) is 49.6 Å². The van der Waals surface area contributed by atoms with Crippen molar-refractivity contribution in [3.8, 4) is 0 Å². The first-order chi connectivity index (χ1) is 16.2. The number of carbonyl (C=O) groups excluding carboxylic acids is 2. The van der Waals surface area contributed by atoms with Gasteiger partial charge in [0.2, 0.25) is 0 Å². The van der Waals surface area contributed by atoms with Crippen LogP contribution in [-0.2, 0) is 4.79 Å². The van der Waals surface area contributed by atoms with Gasteiger partial charge in [0.05, 0.1) is 17.6 Å². The second-order valence-electron chi connectivity index (χ2n) is 10.0. The second-order valence-corrected chi connectivity index (χ2v) is 10.0. The number of amides is 2. The van der Waals surface area contributed by atoms with E-state index in [1.807, 2.05) is 62.4 Å². The molecule has 6 heteroatoms. The third-order valence-corrected chi connectivity index (χ3v) is 6.57. The van der Waals surface area contributed by atoms with Gasteiger partial charge in [0.1, 0.15) is 11.8 Å². The van der Waals surface area contributed by atoms with Crippen LogP contribution in [0.4, 0.5) is 21.9 Å². The molecule has 2 aliphatic rings. The Morgan fingerprint density at radius 1 is 1.09 bits per heavy atom. The Morgan fingerprint density at radius 3 is 2.65 bits per heavy atom. The number of carbonyl (C=O) groups is 2. The summed E-state index contributed by atoms with van der Waals surface area (Å²) >= 11 is 0. The number of anilines is 3. The Kier molecular flexibility index (Phi) is 5.31. The zero-order chi connectivity index (χ0) is 24.0. The van der Waals surface area contributed by atoms with Crippen molar-refractivity contribution in [2.75, 3.05) is 15.5 Å². The second kappa shape index (κ2) is 8.20. The first-order valence-electron chi connectivity index (χ1n) is 11.6. The minimum atomic E-state index is -0.685. The summed E-state index contributed by atoms with van der Waals surface area (Å²) in [6.45, 7) is 8.15. The van der Waals surface area contributed by atoms with Crippen LogP contribution in [-0.4, -0.2) is 11.8 Å². The number of aryl methyl sites for hydroxylation is 2. The number of urea groups is 1. The van der Waals surface area contributed by atoms with Crippen LogP contribution in [0.25, 0.3) is 0 Å². The molecule has 0 saturated carbocycles. The Bertz CT molecular complexity index is 1300. The van der Waals surface area contributed by atoms with Crippen molar-refractivity contribution in [3.05, 3.63) is 89.0 Å². The van der Waals surface area contributed by atoms with E-state index in [-0.39, 0.29) is 17.2 Å². The van der Waals surface area contributed by atoms with Crippen LogP contribution >= 0.6 is 0 Å². The summed E-state index contributed by atoms with van der Waals surface area (Å²) in [5, 5.41) is 6.60. The van der Waals surface area contributed by atoms with E-state index >= 15 is 0 Å². The summed E-state index contributed by atoms with van der Waals surface area (Å²) < 4.78 is 5.83. The highest BCUT2D eigenvalue weighted by atomic mass is 16.3. The summed E-state index contributed by atoms with van der Waals surface area (Å²) in [5.74, 6) is 0.577. The van der Waals surface area contributed by atoms with E-state index < -0.39 is 6.04 Å². The number of allylic oxidation sites excluding steroid dienone is 1. The van der Waals surface area contributed by atoms with Crippen molar-refractivity contribution < 1.29 is 14.0 Å². The van der Waals surface area contributed by atoms with Crippen molar-refractivity contribution in [3.63, 3.8) is 0 Å². The summed E-state index contributed by atoms with van der Waals surface area (Å²) in [5.41, 5.74) is 5.47. The maximum absolute atomic E-state index is 14.0. The topological polar surface area (TPSA) is 74.6 Å². The quantitative estimate of drug-likeness (QED) is 0.448. The van der Waals surface area contributed by atoms with Crippen molar-refractivity contribution in [1.29, 1.82) is 0 Å². The monoisotopic (exact) mass is 455 g/mol. The lowest BCUT2D eigenvalue weighted by Crippen LogP contribution is -2.41. The highest BCUT2D eigenvalue weighted by molar-refractivity contribution is 6.09. The molecule has 0 fully saturated rings. The van der Waals surface area contributed by atoms with Crippen molar-refractivity contribution in [2.45, 2.75) is 46.6 Å². The Balaban J connectivity index is 1.69. The number of ketones is 1. The fraction of sp³-hybridized carbons (Fsp3) is 0.286. The molecular formula is C28H29N3O3. The number of nitrogens with zero attached hydrogens (tertiary/aromatic N) is 1. The van der Waals surface area contributed by atoms with Gasteiger partial charge in [-0.3, -0.25) is 9.69 Å². The Hall–Kier alpha value is -3.80. The molecule has 2 heterocycles. The van der Waals surface area contributed by atoms with Gasteiger partial charge < -0.3 is 15.1 Å². The molecule has 2 aromatic carbocycles.